The number of oxazole rings is 1. The van der Waals surface area contributed by atoms with E-state index in [1.807, 2.05) is 0 Å². The lowest BCUT2D eigenvalue weighted by molar-refractivity contribution is -0.138. The van der Waals surface area contributed by atoms with E-state index in [1.54, 1.807) is 0 Å². The number of benzene rings is 1. The molecule has 7 heteroatoms. The minimum atomic E-state index is -4.57. The summed E-state index contributed by atoms with van der Waals surface area (Å²) in [7, 11) is 0. The third-order valence-electron chi connectivity index (χ3n) is 2.07. The van der Waals surface area contributed by atoms with Crippen molar-refractivity contribution < 1.29 is 22.4 Å². The smallest absolute Gasteiger partial charge is 0.417 e. The molecule has 0 fully saturated rings. The fraction of sp³-hybridized carbons (Fsp3) is 0.0909. The molecule has 0 radical (unpaired) electrons. The van der Waals surface area contributed by atoms with Gasteiger partial charge in [-0.15, -0.1) is 0 Å². The van der Waals surface area contributed by atoms with Crippen molar-refractivity contribution in [2.45, 2.75) is 16.3 Å². The molecule has 1 aromatic carbocycles. The Bertz CT molecular complexity index is 552. The predicted molar refractivity (Wildman–Crippen MR) is 57.5 cm³/mol. The standard InChI is InChI=1S/C11H6F3NO2S/c12-11(13,14)9-5-8(2-1-7(9)6-16)18-10-15-3-4-17-10/h1-6H. The van der Waals surface area contributed by atoms with E-state index in [0.29, 0.717) is 4.90 Å². The quantitative estimate of drug-likeness (QED) is 0.800. The molecular weight excluding hydrogens is 267 g/mol. The molecule has 0 aliphatic heterocycles. The summed E-state index contributed by atoms with van der Waals surface area (Å²) in [6.07, 6.45) is -1.66. The highest BCUT2D eigenvalue weighted by Gasteiger charge is 2.33. The lowest BCUT2D eigenvalue weighted by Gasteiger charge is -2.10. The predicted octanol–water partition coefficient (Wildman–Crippen LogP) is 3.66. The van der Waals surface area contributed by atoms with Crippen LogP contribution in [0.15, 0.2) is 45.2 Å². The Morgan fingerprint density at radius 1 is 1.33 bits per heavy atom. The van der Waals surface area contributed by atoms with Gasteiger partial charge < -0.3 is 4.42 Å². The molecule has 3 nitrogen and oxygen atoms in total. The van der Waals surface area contributed by atoms with Crippen molar-refractivity contribution in [2.24, 2.45) is 0 Å². The fourth-order valence-corrected chi connectivity index (χ4v) is 2.04. The van der Waals surface area contributed by atoms with Crippen molar-refractivity contribution in [3.05, 3.63) is 41.8 Å². The molecule has 0 bridgehead atoms. The Morgan fingerprint density at radius 2 is 2.11 bits per heavy atom. The summed E-state index contributed by atoms with van der Waals surface area (Å²) < 4.78 is 43.0. The maximum Gasteiger partial charge on any atom is 0.417 e. The Morgan fingerprint density at radius 3 is 2.67 bits per heavy atom. The maximum atomic E-state index is 12.7. The van der Waals surface area contributed by atoms with E-state index in [0.717, 1.165) is 23.9 Å². The van der Waals surface area contributed by atoms with Crippen LogP contribution < -0.4 is 0 Å². The van der Waals surface area contributed by atoms with Gasteiger partial charge in [0.2, 0.25) is 0 Å². The first-order chi connectivity index (χ1) is 8.50. The number of rotatable bonds is 3. The zero-order valence-electron chi connectivity index (χ0n) is 8.77. The largest absolute Gasteiger partial charge is 0.440 e. The van der Waals surface area contributed by atoms with Crippen molar-refractivity contribution >= 4 is 18.0 Å². The molecule has 1 heterocycles. The average Bonchev–Trinajstić information content (AvgIpc) is 2.80. The van der Waals surface area contributed by atoms with Gasteiger partial charge in [0.25, 0.3) is 5.22 Å². The number of hydrogen-bond acceptors (Lipinski definition) is 4. The number of halogens is 3. The molecule has 0 spiro atoms. The molecule has 94 valence electrons. The Hall–Kier alpha value is -1.76. The number of carbonyl (C=O) groups excluding carboxylic acids is 1. The first kappa shape index (κ1) is 12.7. The topological polar surface area (TPSA) is 43.1 Å². The molecule has 0 saturated carbocycles. The van der Waals surface area contributed by atoms with Gasteiger partial charge in [-0.05, 0) is 30.0 Å². The average molecular weight is 273 g/mol. The van der Waals surface area contributed by atoms with Gasteiger partial charge in [0.15, 0.2) is 6.29 Å². The van der Waals surface area contributed by atoms with Gasteiger partial charge in [0.1, 0.15) is 6.26 Å². The summed E-state index contributed by atoms with van der Waals surface area (Å²) in [6, 6.07) is 3.44. The lowest BCUT2D eigenvalue weighted by atomic mass is 10.1. The van der Waals surface area contributed by atoms with Gasteiger partial charge in [-0.25, -0.2) is 4.98 Å². The summed E-state index contributed by atoms with van der Waals surface area (Å²) in [5.74, 6) is 0. The number of hydrogen-bond donors (Lipinski definition) is 0. The third-order valence-corrected chi connectivity index (χ3v) is 2.94. The van der Waals surface area contributed by atoms with Gasteiger partial charge in [-0.3, -0.25) is 4.79 Å². The second kappa shape index (κ2) is 4.85. The van der Waals surface area contributed by atoms with Crippen molar-refractivity contribution in [1.29, 1.82) is 0 Å². The van der Waals surface area contributed by atoms with Crippen molar-refractivity contribution in [3.8, 4) is 0 Å². The monoisotopic (exact) mass is 273 g/mol. The Balaban J connectivity index is 2.37. The Labute approximate surface area is 104 Å². The van der Waals surface area contributed by atoms with Crippen molar-refractivity contribution in [2.75, 3.05) is 0 Å². The van der Waals surface area contributed by atoms with Crippen molar-refractivity contribution in [1.82, 2.24) is 4.98 Å². The minimum Gasteiger partial charge on any atom is -0.440 e. The molecule has 0 aliphatic carbocycles. The molecule has 0 amide bonds. The van der Waals surface area contributed by atoms with Crippen LogP contribution in [0.3, 0.4) is 0 Å². The highest BCUT2D eigenvalue weighted by atomic mass is 32.2. The first-order valence-electron chi connectivity index (χ1n) is 4.74. The van der Waals surface area contributed by atoms with Crippen LogP contribution in [0.4, 0.5) is 13.2 Å². The van der Waals surface area contributed by atoms with E-state index in [9.17, 15) is 18.0 Å². The van der Waals surface area contributed by atoms with Gasteiger partial charge in [-0.2, -0.15) is 13.2 Å². The number of aldehydes is 1. The summed E-state index contributed by atoms with van der Waals surface area (Å²) in [5.41, 5.74) is -1.35. The molecule has 2 rings (SSSR count). The van der Waals surface area contributed by atoms with Crippen LogP contribution in [0.1, 0.15) is 15.9 Å². The SMILES string of the molecule is O=Cc1ccc(Sc2ncco2)cc1C(F)(F)F. The molecule has 0 atom stereocenters. The zero-order chi connectivity index (χ0) is 13.2. The lowest BCUT2D eigenvalue weighted by Crippen LogP contribution is -2.08. The van der Waals surface area contributed by atoms with Crippen LogP contribution in [0.2, 0.25) is 0 Å². The number of alkyl halides is 3. The van der Waals surface area contributed by atoms with Gasteiger partial charge in [0.05, 0.1) is 11.8 Å². The second-order valence-corrected chi connectivity index (χ2v) is 4.29. The molecule has 1 aromatic heterocycles. The highest BCUT2D eigenvalue weighted by molar-refractivity contribution is 7.99. The van der Waals surface area contributed by atoms with Crippen LogP contribution in [0.25, 0.3) is 0 Å². The Kier molecular flexibility index (Phi) is 3.42. The molecule has 18 heavy (non-hydrogen) atoms. The zero-order valence-corrected chi connectivity index (χ0v) is 9.59. The van der Waals surface area contributed by atoms with E-state index < -0.39 is 11.7 Å². The summed E-state index contributed by atoms with van der Waals surface area (Å²) in [5, 5.41) is 0.238. The van der Waals surface area contributed by atoms with Crippen LogP contribution in [-0.2, 0) is 6.18 Å². The highest BCUT2D eigenvalue weighted by Crippen LogP contribution is 2.35. The third kappa shape index (κ3) is 2.73. The molecular formula is C11H6F3NO2S. The number of aromatic nitrogens is 1. The van der Waals surface area contributed by atoms with E-state index in [2.05, 4.69) is 4.98 Å². The van der Waals surface area contributed by atoms with E-state index in [4.69, 9.17) is 4.42 Å². The summed E-state index contributed by atoms with van der Waals surface area (Å²) >= 11 is 0.950. The molecule has 0 saturated heterocycles. The van der Waals surface area contributed by atoms with E-state index >= 15 is 0 Å². The first-order valence-corrected chi connectivity index (χ1v) is 5.56. The molecule has 0 aliphatic rings. The molecule has 2 aromatic rings. The van der Waals surface area contributed by atoms with Crippen LogP contribution in [0, 0.1) is 0 Å². The second-order valence-electron chi connectivity index (χ2n) is 3.26. The van der Waals surface area contributed by atoms with E-state index in [1.165, 1.54) is 18.5 Å². The summed E-state index contributed by atoms with van der Waals surface area (Å²) in [6.45, 7) is 0. The van der Waals surface area contributed by atoms with Crippen LogP contribution in [0.5, 0.6) is 0 Å². The maximum absolute atomic E-state index is 12.7. The van der Waals surface area contributed by atoms with E-state index in [-0.39, 0.29) is 17.1 Å². The number of carbonyl (C=O) groups is 1. The number of nitrogens with zero attached hydrogens (tertiary/aromatic N) is 1. The fourth-order valence-electron chi connectivity index (χ4n) is 1.31. The van der Waals surface area contributed by atoms with Gasteiger partial charge in [0, 0.05) is 10.5 Å². The minimum absolute atomic E-state index is 0.183. The molecule has 0 unspecified atom stereocenters. The van der Waals surface area contributed by atoms with Crippen molar-refractivity contribution in [3.63, 3.8) is 0 Å². The molecule has 0 N–H and O–H groups in total. The van der Waals surface area contributed by atoms with Gasteiger partial charge in [-0.1, -0.05) is 0 Å². The van der Waals surface area contributed by atoms with Gasteiger partial charge >= 0.3 is 6.18 Å². The summed E-state index contributed by atoms with van der Waals surface area (Å²) in [4.78, 5) is 14.7. The van der Waals surface area contributed by atoms with Crippen LogP contribution >= 0.6 is 11.8 Å². The normalized spacial score (nSPS) is 11.5. The van der Waals surface area contributed by atoms with Crippen LogP contribution in [-0.4, -0.2) is 11.3 Å².